The van der Waals surface area contributed by atoms with E-state index >= 15 is 0 Å². The van der Waals surface area contributed by atoms with Crippen molar-refractivity contribution < 1.29 is 26.4 Å². The van der Waals surface area contributed by atoms with Gasteiger partial charge in [0.15, 0.2) is 0 Å². The number of benzene rings is 3. The molecule has 0 fully saturated rings. The van der Waals surface area contributed by atoms with Crippen LogP contribution in [0.5, 0.6) is 0 Å². The van der Waals surface area contributed by atoms with Crippen LogP contribution in [0.25, 0.3) is 0 Å². The van der Waals surface area contributed by atoms with E-state index in [0.717, 1.165) is 34.1 Å². The standard InChI is InChI=1S/C22H19F3N2O3S/c1-15-6-3-4-9-20(15)27(2)31(29,30)19-8-5-7-16(14-19)21(28)26-18-12-10-17(11-13-18)22(23,24)25/h3-14H,1-2H3,(H,26,28). The quantitative estimate of drug-likeness (QED) is 0.591. The lowest BCUT2D eigenvalue weighted by Gasteiger charge is -2.21. The number of halogens is 3. The topological polar surface area (TPSA) is 66.5 Å². The Balaban J connectivity index is 1.84. The highest BCUT2D eigenvalue weighted by Crippen LogP contribution is 2.30. The van der Waals surface area contributed by atoms with E-state index in [2.05, 4.69) is 5.32 Å². The van der Waals surface area contributed by atoms with E-state index in [0.29, 0.717) is 5.69 Å². The van der Waals surface area contributed by atoms with E-state index in [1.807, 2.05) is 0 Å². The molecule has 0 aliphatic rings. The highest BCUT2D eigenvalue weighted by atomic mass is 32.2. The van der Waals surface area contributed by atoms with Crippen molar-refractivity contribution in [3.63, 3.8) is 0 Å². The first-order valence-electron chi connectivity index (χ1n) is 9.13. The fourth-order valence-corrected chi connectivity index (χ4v) is 4.25. The third kappa shape index (κ3) is 4.88. The van der Waals surface area contributed by atoms with Crippen molar-refractivity contribution in [1.82, 2.24) is 0 Å². The number of anilines is 2. The maximum absolute atomic E-state index is 13.0. The lowest BCUT2D eigenvalue weighted by atomic mass is 10.2. The zero-order chi connectivity index (χ0) is 22.8. The molecule has 5 nitrogen and oxygen atoms in total. The van der Waals surface area contributed by atoms with Crippen LogP contribution in [-0.4, -0.2) is 21.4 Å². The molecule has 3 aromatic carbocycles. The molecule has 1 N–H and O–H groups in total. The maximum atomic E-state index is 13.0. The third-order valence-electron chi connectivity index (χ3n) is 4.68. The molecular formula is C22H19F3N2O3S. The Morgan fingerprint density at radius 2 is 1.58 bits per heavy atom. The van der Waals surface area contributed by atoms with Crippen LogP contribution < -0.4 is 9.62 Å². The van der Waals surface area contributed by atoms with Crippen LogP contribution >= 0.6 is 0 Å². The number of hydrogen-bond acceptors (Lipinski definition) is 3. The molecule has 162 valence electrons. The number of nitrogens with zero attached hydrogens (tertiary/aromatic N) is 1. The molecule has 0 aromatic heterocycles. The summed E-state index contributed by atoms with van der Waals surface area (Å²) >= 11 is 0. The molecule has 0 radical (unpaired) electrons. The van der Waals surface area contributed by atoms with Gasteiger partial charge in [-0.15, -0.1) is 0 Å². The summed E-state index contributed by atoms with van der Waals surface area (Å²) in [6.07, 6.45) is -4.48. The van der Waals surface area contributed by atoms with Crippen LogP contribution in [0.2, 0.25) is 0 Å². The summed E-state index contributed by atoms with van der Waals surface area (Å²) in [6, 6.07) is 16.4. The van der Waals surface area contributed by atoms with Crippen LogP contribution in [0.15, 0.2) is 77.7 Å². The fourth-order valence-electron chi connectivity index (χ4n) is 2.95. The average Bonchev–Trinajstić information content (AvgIpc) is 2.73. The highest BCUT2D eigenvalue weighted by molar-refractivity contribution is 7.92. The van der Waals surface area contributed by atoms with E-state index in [-0.39, 0.29) is 16.1 Å². The van der Waals surface area contributed by atoms with Gasteiger partial charge in [0.2, 0.25) is 0 Å². The number of para-hydroxylation sites is 1. The van der Waals surface area contributed by atoms with Gasteiger partial charge in [-0.05, 0) is 61.0 Å². The van der Waals surface area contributed by atoms with Gasteiger partial charge >= 0.3 is 6.18 Å². The second-order valence-electron chi connectivity index (χ2n) is 6.82. The van der Waals surface area contributed by atoms with Gasteiger partial charge in [0, 0.05) is 18.3 Å². The molecule has 0 aliphatic carbocycles. The van der Waals surface area contributed by atoms with Crippen molar-refractivity contribution in [1.29, 1.82) is 0 Å². The molecule has 0 atom stereocenters. The monoisotopic (exact) mass is 448 g/mol. The van der Waals surface area contributed by atoms with Crippen molar-refractivity contribution in [2.24, 2.45) is 0 Å². The Hall–Kier alpha value is -3.33. The first-order valence-corrected chi connectivity index (χ1v) is 10.6. The lowest BCUT2D eigenvalue weighted by Crippen LogP contribution is -2.27. The minimum Gasteiger partial charge on any atom is -0.322 e. The summed E-state index contributed by atoms with van der Waals surface area (Å²) in [7, 11) is -2.51. The Labute approximate surface area is 178 Å². The summed E-state index contributed by atoms with van der Waals surface area (Å²) in [4.78, 5) is 12.4. The predicted molar refractivity (Wildman–Crippen MR) is 113 cm³/mol. The minimum absolute atomic E-state index is 0.0548. The number of hydrogen-bond donors (Lipinski definition) is 1. The minimum atomic E-state index is -4.48. The molecule has 0 unspecified atom stereocenters. The third-order valence-corrected chi connectivity index (χ3v) is 6.45. The van der Waals surface area contributed by atoms with Gasteiger partial charge in [0.1, 0.15) is 0 Å². The molecular weight excluding hydrogens is 429 g/mol. The van der Waals surface area contributed by atoms with Crippen molar-refractivity contribution in [2.75, 3.05) is 16.7 Å². The van der Waals surface area contributed by atoms with Crippen LogP contribution in [0.1, 0.15) is 21.5 Å². The zero-order valence-electron chi connectivity index (χ0n) is 16.6. The van der Waals surface area contributed by atoms with E-state index in [9.17, 15) is 26.4 Å². The van der Waals surface area contributed by atoms with E-state index in [1.165, 1.54) is 31.3 Å². The molecule has 0 saturated heterocycles. The van der Waals surface area contributed by atoms with Gasteiger partial charge in [-0.1, -0.05) is 24.3 Å². The predicted octanol–water partition coefficient (Wildman–Crippen LogP) is 5.09. The molecule has 0 aliphatic heterocycles. The Bertz CT molecular complexity index is 1210. The van der Waals surface area contributed by atoms with Crippen LogP contribution in [0, 0.1) is 6.92 Å². The van der Waals surface area contributed by atoms with Gasteiger partial charge in [0.05, 0.1) is 16.1 Å². The summed E-state index contributed by atoms with van der Waals surface area (Å²) in [6.45, 7) is 1.79. The molecule has 0 saturated carbocycles. The molecule has 1 amide bonds. The Kier molecular flexibility index (Phi) is 6.08. The molecule has 3 rings (SSSR count). The number of aryl methyl sites for hydroxylation is 1. The van der Waals surface area contributed by atoms with Gasteiger partial charge in [0.25, 0.3) is 15.9 Å². The van der Waals surface area contributed by atoms with E-state index in [4.69, 9.17) is 0 Å². The SMILES string of the molecule is Cc1ccccc1N(C)S(=O)(=O)c1cccc(C(=O)Nc2ccc(C(F)(F)F)cc2)c1. The Morgan fingerprint density at radius 3 is 2.19 bits per heavy atom. The Morgan fingerprint density at radius 1 is 0.935 bits per heavy atom. The summed E-state index contributed by atoms with van der Waals surface area (Å²) in [5.74, 6) is -0.643. The van der Waals surface area contributed by atoms with Gasteiger partial charge in [-0.2, -0.15) is 13.2 Å². The molecule has 31 heavy (non-hydrogen) atoms. The number of nitrogens with one attached hydrogen (secondary N) is 1. The number of sulfonamides is 1. The number of alkyl halides is 3. The average molecular weight is 448 g/mol. The van der Waals surface area contributed by atoms with Gasteiger partial charge in [-0.3, -0.25) is 9.10 Å². The zero-order valence-corrected chi connectivity index (χ0v) is 17.5. The largest absolute Gasteiger partial charge is 0.416 e. The van der Waals surface area contributed by atoms with Crippen molar-refractivity contribution >= 4 is 27.3 Å². The fraction of sp³-hybridized carbons (Fsp3) is 0.136. The first-order chi connectivity index (χ1) is 14.5. The van der Waals surface area contributed by atoms with Crippen LogP contribution in [0.4, 0.5) is 24.5 Å². The summed E-state index contributed by atoms with van der Waals surface area (Å²) < 4.78 is 65.2. The summed E-state index contributed by atoms with van der Waals surface area (Å²) in [5.41, 5.74) is 0.646. The second-order valence-corrected chi connectivity index (χ2v) is 8.79. The normalized spacial score (nSPS) is 11.8. The second kappa shape index (κ2) is 8.43. The lowest BCUT2D eigenvalue weighted by molar-refractivity contribution is -0.137. The van der Waals surface area contributed by atoms with Crippen LogP contribution in [0.3, 0.4) is 0 Å². The maximum Gasteiger partial charge on any atom is 0.416 e. The van der Waals surface area contributed by atoms with Crippen molar-refractivity contribution in [3.8, 4) is 0 Å². The van der Waals surface area contributed by atoms with Gasteiger partial charge in [-0.25, -0.2) is 8.42 Å². The molecule has 0 heterocycles. The van der Waals surface area contributed by atoms with Crippen LogP contribution in [-0.2, 0) is 16.2 Å². The molecule has 9 heteroatoms. The summed E-state index contributed by atoms with van der Waals surface area (Å²) in [5, 5.41) is 2.47. The van der Waals surface area contributed by atoms with Crippen molar-refractivity contribution in [2.45, 2.75) is 18.0 Å². The smallest absolute Gasteiger partial charge is 0.322 e. The number of rotatable bonds is 5. The molecule has 0 bridgehead atoms. The number of carbonyl (C=O) groups is 1. The number of amides is 1. The van der Waals surface area contributed by atoms with Gasteiger partial charge < -0.3 is 5.32 Å². The van der Waals surface area contributed by atoms with E-state index in [1.54, 1.807) is 31.2 Å². The first kappa shape index (κ1) is 22.4. The van der Waals surface area contributed by atoms with E-state index < -0.39 is 27.7 Å². The molecule has 0 spiro atoms. The molecule has 3 aromatic rings. The number of carbonyl (C=O) groups excluding carboxylic acids is 1. The van der Waals surface area contributed by atoms with Crippen molar-refractivity contribution in [3.05, 3.63) is 89.5 Å². The highest BCUT2D eigenvalue weighted by Gasteiger charge is 2.30.